The number of phenols is 1. The Hall–Kier alpha value is -3.48. The molecule has 1 fully saturated rings. The van der Waals surface area contributed by atoms with Crippen molar-refractivity contribution in [2.75, 3.05) is 26.5 Å². The highest BCUT2D eigenvalue weighted by molar-refractivity contribution is 5.99. The van der Waals surface area contributed by atoms with Crippen LogP contribution in [0.4, 0.5) is 0 Å². The van der Waals surface area contributed by atoms with E-state index in [1.54, 1.807) is 12.1 Å². The third kappa shape index (κ3) is 6.94. The minimum Gasteiger partial charge on any atom is -0.508 e. The molecule has 1 heterocycles. The number of hydrogen-bond donors (Lipinski definition) is 3. The van der Waals surface area contributed by atoms with Gasteiger partial charge in [-0.05, 0) is 96.0 Å². The molecule has 1 aliphatic heterocycles. The predicted molar refractivity (Wildman–Crippen MR) is 154 cm³/mol. The van der Waals surface area contributed by atoms with Crippen LogP contribution < -0.4 is 19.5 Å². The Morgan fingerprint density at radius 2 is 1.56 bits per heavy atom. The molecule has 39 heavy (non-hydrogen) atoms. The summed E-state index contributed by atoms with van der Waals surface area (Å²) < 4.78 is 17.1. The molecule has 3 N–H and O–H groups in total. The first-order valence-electron chi connectivity index (χ1n) is 14.1. The lowest BCUT2D eigenvalue weighted by molar-refractivity contribution is 0.105. The van der Waals surface area contributed by atoms with E-state index in [1.165, 1.54) is 32.1 Å². The minimum absolute atomic E-state index is 0.231. The number of aliphatic hydroxyl groups excluding tert-OH is 1. The Morgan fingerprint density at radius 1 is 0.897 bits per heavy atom. The van der Waals surface area contributed by atoms with Crippen LogP contribution in [-0.2, 0) is 0 Å². The van der Waals surface area contributed by atoms with Crippen molar-refractivity contribution in [3.05, 3.63) is 83.4 Å². The van der Waals surface area contributed by atoms with E-state index >= 15 is 0 Å². The van der Waals surface area contributed by atoms with Crippen LogP contribution in [0.25, 0.3) is 11.1 Å². The fraction of sp³-hybridized carbons (Fsp3) is 0.394. The zero-order valence-electron chi connectivity index (χ0n) is 22.7. The van der Waals surface area contributed by atoms with Gasteiger partial charge in [0.1, 0.15) is 24.2 Å². The molecule has 6 heteroatoms. The molecule has 0 aromatic heterocycles. The SMILES string of the molecule is CCC(=C(c1ccc(O)cc1)c1ccc(OCC(O)CNCC2CCCCC2)cc1)c1ccc2c(c1)OCO2. The Labute approximate surface area is 231 Å². The largest absolute Gasteiger partial charge is 0.508 e. The number of benzene rings is 3. The molecule has 5 rings (SSSR count). The molecule has 1 atom stereocenters. The van der Waals surface area contributed by atoms with E-state index in [4.69, 9.17) is 14.2 Å². The first kappa shape index (κ1) is 27.1. The summed E-state index contributed by atoms with van der Waals surface area (Å²) in [6, 6.07) is 21.3. The van der Waals surface area contributed by atoms with E-state index in [0.29, 0.717) is 6.54 Å². The predicted octanol–water partition coefficient (Wildman–Crippen LogP) is 6.40. The summed E-state index contributed by atoms with van der Waals surface area (Å²) in [6.45, 7) is 4.14. The second-order valence-corrected chi connectivity index (χ2v) is 10.5. The van der Waals surface area contributed by atoms with Crippen LogP contribution in [0, 0.1) is 5.92 Å². The molecule has 206 valence electrons. The van der Waals surface area contributed by atoms with Crippen LogP contribution in [0.5, 0.6) is 23.0 Å². The monoisotopic (exact) mass is 529 g/mol. The lowest BCUT2D eigenvalue weighted by atomic mass is 9.88. The lowest BCUT2D eigenvalue weighted by Crippen LogP contribution is -2.34. The van der Waals surface area contributed by atoms with E-state index in [9.17, 15) is 10.2 Å². The summed E-state index contributed by atoms with van der Waals surface area (Å²) in [4.78, 5) is 0. The van der Waals surface area contributed by atoms with Gasteiger partial charge in [0.15, 0.2) is 11.5 Å². The number of aromatic hydroxyl groups is 1. The highest BCUT2D eigenvalue weighted by Crippen LogP contribution is 2.40. The van der Waals surface area contributed by atoms with Gasteiger partial charge in [0, 0.05) is 6.54 Å². The number of hydrogen-bond acceptors (Lipinski definition) is 6. The van der Waals surface area contributed by atoms with Crippen LogP contribution in [0.15, 0.2) is 66.7 Å². The molecular formula is C33H39NO5. The van der Waals surface area contributed by atoms with Gasteiger partial charge in [-0.15, -0.1) is 0 Å². The zero-order chi connectivity index (χ0) is 27.0. The first-order chi connectivity index (χ1) is 19.1. The van der Waals surface area contributed by atoms with Crippen LogP contribution >= 0.6 is 0 Å². The number of phenolic OH excluding ortho intramolecular Hbond substituents is 1. The van der Waals surface area contributed by atoms with E-state index in [-0.39, 0.29) is 19.1 Å². The van der Waals surface area contributed by atoms with Gasteiger partial charge in [-0.3, -0.25) is 0 Å². The number of nitrogens with one attached hydrogen (secondary N) is 1. The topological polar surface area (TPSA) is 80.2 Å². The number of aliphatic hydroxyl groups is 1. The van der Waals surface area contributed by atoms with E-state index in [2.05, 4.69) is 18.3 Å². The molecule has 0 bridgehead atoms. The summed E-state index contributed by atoms with van der Waals surface area (Å²) in [7, 11) is 0. The molecule has 1 aliphatic carbocycles. The second-order valence-electron chi connectivity index (χ2n) is 10.5. The minimum atomic E-state index is -0.557. The lowest BCUT2D eigenvalue weighted by Gasteiger charge is -2.22. The van der Waals surface area contributed by atoms with Crippen LogP contribution in [-0.4, -0.2) is 42.8 Å². The average molecular weight is 530 g/mol. The maximum atomic E-state index is 10.4. The van der Waals surface area contributed by atoms with Crippen LogP contribution in [0.1, 0.15) is 62.1 Å². The number of allylic oxidation sites excluding steroid dienone is 1. The average Bonchev–Trinajstić information content (AvgIpc) is 3.44. The van der Waals surface area contributed by atoms with Crippen molar-refractivity contribution in [2.24, 2.45) is 5.92 Å². The Kier molecular flexibility index (Phi) is 9.07. The molecule has 3 aromatic carbocycles. The van der Waals surface area contributed by atoms with Crippen molar-refractivity contribution < 1.29 is 24.4 Å². The zero-order valence-corrected chi connectivity index (χ0v) is 22.7. The quantitative estimate of drug-likeness (QED) is 0.250. The van der Waals surface area contributed by atoms with Crippen LogP contribution in [0.2, 0.25) is 0 Å². The first-order valence-corrected chi connectivity index (χ1v) is 14.1. The number of fused-ring (bicyclic) bond motifs is 1. The third-order valence-corrected chi connectivity index (χ3v) is 7.66. The van der Waals surface area contributed by atoms with Gasteiger partial charge in [0.25, 0.3) is 0 Å². The molecule has 0 radical (unpaired) electrons. The molecule has 0 saturated heterocycles. The van der Waals surface area contributed by atoms with Gasteiger partial charge in [-0.2, -0.15) is 0 Å². The van der Waals surface area contributed by atoms with Gasteiger partial charge in [-0.1, -0.05) is 56.5 Å². The fourth-order valence-electron chi connectivity index (χ4n) is 5.57. The van der Waals surface area contributed by atoms with E-state index < -0.39 is 6.10 Å². The van der Waals surface area contributed by atoms with Gasteiger partial charge >= 0.3 is 0 Å². The summed E-state index contributed by atoms with van der Waals surface area (Å²) >= 11 is 0. The molecule has 2 aliphatic rings. The maximum Gasteiger partial charge on any atom is 0.231 e. The van der Waals surface area contributed by atoms with Crippen molar-refractivity contribution in [3.63, 3.8) is 0 Å². The summed E-state index contributed by atoms with van der Waals surface area (Å²) in [6.07, 6.45) is 6.84. The summed E-state index contributed by atoms with van der Waals surface area (Å²) in [5.41, 5.74) is 5.35. The van der Waals surface area contributed by atoms with Crippen molar-refractivity contribution in [3.8, 4) is 23.0 Å². The molecule has 1 saturated carbocycles. The van der Waals surface area contributed by atoms with Crippen molar-refractivity contribution in [1.82, 2.24) is 5.32 Å². The van der Waals surface area contributed by atoms with Gasteiger partial charge in [0.05, 0.1) is 0 Å². The number of rotatable bonds is 11. The van der Waals surface area contributed by atoms with Crippen molar-refractivity contribution in [1.29, 1.82) is 0 Å². The highest BCUT2D eigenvalue weighted by atomic mass is 16.7. The Balaban J connectivity index is 1.30. The molecule has 3 aromatic rings. The maximum absolute atomic E-state index is 10.4. The molecule has 0 amide bonds. The van der Waals surface area contributed by atoms with E-state index in [1.807, 2.05) is 48.5 Å². The van der Waals surface area contributed by atoms with Gasteiger partial charge in [0.2, 0.25) is 6.79 Å². The van der Waals surface area contributed by atoms with Crippen molar-refractivity contribution >= 4 is 11.1 Å². The highest BCUT2D eigenvalue weighted by Gasteiger charge is 2.18. The second kappa shape index (κ2) is 13.0. The van der Waals surface area contributed by atoms with Crippen LogP contribution in [0.3, 0.4) is 0 Å². The molecule has 0 spiro atoms. The smallest absolute Gasteiger partial charge is 0.231 e. The normalized spacial score (nSPS) is 16.6. The Morgan fingerprint density at radius 3 is 2.28 bits per heavy atom. The molecule has 6 nitrogen and oxygen atoms in total. The molecular weight excluding hydrogens is 490 g/mol. The fourth-order valence-corrected chi connectivity index (χ4v) is 5.57. The standard InChI is InChI=1S/C33H39NO5/c1-2-30(26-12-17-31-32(18-26)39-22-38-31)33(24-8-13-27(35)14-9-24)25-10-15-29(16-11-25)37-21-28(36)20-34-19-23-6-4-3-5-7-23/h8-18,23,28,34-36H,2-7,19-22H2,1H3. The third-order valence-electron chi connectivity index (χ3n) is 7.66. The number of ether oxygens (including phenoxy) is 3. The van der Waals surface area contributed by atoms with Crippen molar-refractivity contribution in [2.45, 2.75) is 51.6 Å². The Bertz CT molecular complexity index is 1250. The summed E-state index contributed by atoms with van der Waals surface area (Å²) in [5, 5.41) is 23.7. The molecule has 1 unspecified atom stereocenters. The van der Waals surface area contributed by atoms with Gasteiger partial charge < -0.3 is 29.7 Å². The van der Waals surface area contributed by atoms with E-state index in [0.717, 1.165) is 64.0 Å². The van der Waals surface area contributed by atoms with Gasteiger partial charge in [-0.25, -0.2) is 0 Å². The summed E-state index contributed by atoms with van der Waals surface area (Å²) in [5.74, 6) is 3.19.